The molecule has 10 nitrogen and oxygen atoms in total. The maximum absolute atomic E-state index is 15.3. The number of amides is 2. The topological polar surface area (TPSA) is 119 Å². The minimum atomic E-state index is -0.396. The summed E-state index contributed by atoms with van der Waals surface area (Å²) >= 11 is 6.24. The average Bonchev–Trinajstić information content (AvgIpc) is 3.36. The molecule has 2 aliphatic heterocycles. The second kappa shape index (κ2) is 11.8. The summed E-state index contributed by atoms with van der Waals surface area (Å²) in [5.41, 5.74) is 3.07. The number of carbonyl (C=O) groups excluding carboxylic acids is 2. The van der Waals surface area contributed by atoms with Gasteiger partial charge in [-0.15, -0.1) is 0 Å². The molecule has 2 saturated heterocycles. The Balaban J connectivity index is 1.21. The number of nitrogens with one attached hydrogen (secondary N) is 3. The van der Waals surface area contributed by atoms with Crippen LogP contribution in [0.5, 0.6) is 0 Å². The molecule has 4 heterocycles. The molecule has 0 unspecified atom stereocenters. The van der Waals surface area contributed by atoms with Crippen LogP contribution in [-0.2, 0) is 9.59 Å². The number of H-pyrrole nitrogens is 1. The molecule has 5 rings (SSSR count). The van der Waals surface area contributed by atoms with Gasteiger partial charge in [0.1, 0.15) is 10.8 Å². The smallest absolute Gasteiger partial charge is 0.229 e. The van der Waals surface area contributed by atoms with E-state index in [-0.39, 0.29) is 35.3 Å². The Morgan fingerprint density at radius 1 is 1.02 bits per heavy atom. The van der Waals surface area contributed by atoms with Crippen molar-refractivity contribution in [1.29, 1.82) is 0 Å². The standard InChI is InChI=1S/C28H34ClFN8O2/c1-16-12-24(32-28-31-15-22(29)26(34-28)33-25-13-17(2)35-36-25)23(30)14-21(16)19-4-10-38(11-5-19)27(40)20-6-8-37(9-7-20)18(3)39/h12-15,19-20H,4-11H2,1-3H3,(H3,31,32,33,34,35,36). The summed E-state index contributed by atoms with van der Waals surface area (Å²) in [6.07, 6.45) is 4.45. The van der Waals surface area contributed by atoms with E-state index in [4.69, 9.17) is 11.6 Å². The molecule has 2 aromatic heterocycles. The molecule has 2 aliphatic rings. The van der Waals surface area contributed by atoms with Gasteiger partial charge in [0.15, 0.2) is 11.6 Å². The third-order valence-electron chi connectivity index (χ3n) is 7.83. The molecule has 0 aliphatic carbocycles. The first kappa shape index (κ1) is 27.8. The molecule has 0 saturated carbocycles. The highest BCUT2D eigenvalue weighted by molar-refractivity contribution is 6.32. The molecule has 0 spiro atoms. The summed E-state index contributed by atoms with van der Waals surface area (Å²) in [4.78, 5) is 37.0. The average molecular weight is 569 g/mol. The minimum Gasteiger partial charge on any atom is -0.343 e. The fraction of sp³-hybridized carbons (Fsp3) is 0.464. The summed E-state index contributed by atoms with van der Waals surface area (Å²) in [5, 5.41) is 13.3. The summed E-state index contributed by atoms with van der Waals surface area (Å²) in [6, 6.07) is 5.17. The van der Waals surface area contributed by atoms with Crippen LogP contribution in [0.25, 0.3) is 0 Å². The molecule has 0 atom stereocenters. The lowest BCUT2D eigenvalue weighted by atomic mass is 9.85. The first-order chi connectivity index (χ1) is 19.2. The van der Waals surface area contributed by atoms with E-state index >= 15 is 4.39 Å². The van der Waals surface area contributed by atoms with Gasteiger partial charge < -0.3 is 20.4 Å². The van der Waals surface area contributed by atoms with Gasteiger partial charge in [0.2, 0.25) is 17.8 Å². The van der Waals surface area contributed by atoms with Crippen molar-refractivity contribution < 1.29 is 14.0 Å². The van der Waals surface area contributed by atoms with E-state index < -0.39 is 5.82 Å². The minimum absolute atomic E-state index is 0.0223. The molecule has 2 fully saturated rings. The monoisotopic (exact) mass is 568 g/mol. The lowest BCUT2D eigenvalue weighted by Gasteiger charge is -2.37. The van der Waals surface area contributed by atoms with Crippen LogP contribution in [-0.4, -0.2) is 68.0 Å². The van der Waals surface area contributed by atoms with Crippen molar-refractivity contribution in [1.82, 2.24) is 30.0 Å². The van der Waals surface area contributed by atoms with Crippen LogP contribution in [0.1, 0.15) is 55.3 Å². The maximum Gasteiger partial charge on any atom is 0.229 e. The van der Waals surface area contributed by atoms with Gasteiger partial charge in [0, 0.05) is 50.8 Å². The number of anilines is 4. The number of hydrogen-bond acceptors (Lipinski definition) is 7. The number of benzene rings is 1. The maximum atomic E-state index is 15.3. The first-order valence-corrected chi connectivity index (χ1v) is 14.0. The van der Waals surface area contributed by atoms with Crippen molar-refractivity contribution in [3.63, 3.8) is 0 Å². The summed E-state index contributed by atoms with van der Waals surface area (Å²) in [7, 11) is 0. The Hall–Kier alpha value is -3.73. The van der Waals surface area contributed by atoms with Gasteiger partial charge in [-0.2, -0.15) is 10.1 Å². The molecule has 12 heteroatoms. The molecule has 1 aromatic carbocycles. The summed E-state index contributed by atoms with van der Waals surface area (Å²) in [5.74, 6) is 1.12. The summed E-state index contributed by atoms with van der Waals surface area (Å²) in [6.45, 7) is 8.02. The molecule has 40 heavy (non-hydrogen) atoms. The highest BCUT2D eigenvalue weighted by Gasteiger charge is 2.32. The van der Waals surface area contributed by atoms with Crippen LogP contribution in [0, 0.1) is 25.6 Å². The Bertz CT molecular complexity index is 1400. The Labute approximate surface area is 237 Å². The van der Waals surface area contributed by atoms with Crippen LogP contribution in [0.3, 0.4) is 0 Å². The van der Waals surface area contributed by atoms with Gasteiger partial charge in [0.25, 0.3) is 0 Å². The van der Waals surface area contributed by atoms with Gasteiger partial charge in [-0.3, -0.25) is 14.7 Å². The number of aromatic amines is 1. The van der Waals surface area contributed by atoms with Crippen molar-refractivity contribution >= 4 is 46.7 Å². The van der Waals surface area contributed by atoms with Crippen LogP contribution in [0.2, 0.25) is 5.02 Å². The molecular weight excluding hydrogens is 535 g/mol. The molecule has 212 valence electrons. The molecule has 3 N–H and O–H groups in total. The number of piperidine rings is 2. The van der Waals surface area contributed by atoms with E-state index in [1.54, 1.807) is 19.1 Å². The molecule has 2 amide bonds. The second-order valence-corrected chi connectivity index (χ2v) is 11.1. The highest BCUT2D eigenvalue weighted by atomic mass is 35.5. The van der Waals surface area contributed by atoms with E-state index in [2.05, 4.69) is 30.8 Å². The fourth-order valence-corrected chi connectivity index (χ4v) is 5.72. The quantitative estimate of drug-likeness (QED) is 0.380. The zero-order chi connectivity index (χ0) is 28.4. The van der Waals surface area contributed by atoms with Crippen LogP contribution < -0.4 is 10.6 Å². The van der Waals surface area contributed by atoms with Crippen LogP contribution in [0.15, 0.2) is 24.4 Å². The molecular formula is C28H34ClFN8O2. The number of likely N-dealkylation sites (tertiary alicyclic amines) is 2. The van der Waals surface area contributed by atoms with Crippen molar-refractivity contribution in [2.75, 3.05) is 36.8 Å². The number of aryl methyl sites for hydroxylation is 2. The highest BCUT2D eigenvalue weighted by Crippen LogP contribution is 2.35. The van der Waals surface area contributed by atoms with Gasteiger partial charge >= 0.3 is 0 Å². The zero-order valence-corrected chi connectivity index (χ0v) is 23.7. The zero-order valence-electron chi connectivity index (χ0n) is 22.9. The third-order valence-corrected chi connectivity index (χ3v) is 8.11. The lowest BCUT2D eigenvalue weighted by molar-refractivity contribution is -0.140. The molecule has 3 aromatic rings. The predicted molar refractivity (Wildman–Crippen MR) is 152 cm³/mol. The number of hydrogen-bond donors (Lipinski definition) is 3. The van der Waals surface area contributed by atoms with E-state index in [1.807, 2.05) is 29.7 Å². The SMILES string of the molecule is CC(=O)N1CCC(C(=O)N2CCC(c3cc(F)c(Nc4ncc(Cl)c(Nc5cc(C)[nH]n5)n4)cc3C)CC2)CC1. The van der Waals surface area contributed by atoms with E-state index in [0.717, 1.165) is 29.7 Å². The number of aromatic nitrogens is 4. The van der Waals surface area contributed by atoms with Gasteiger partial charge in [-0.25, -0.2) is 9.37 Å². The Morgan fingerprint density at radius 2 is 1.73 bits per heavy atom. The van der Waals surface area contributed by atoms with Gasteiger partial charge in [0.05, 0.1) is 11.9 Å². The number of halogens is 2. The first-order valence-electron chi connectivity index (χ1n) is 13.6. The van der Waals surface area contributed by atoms with Crippen molar-refractivity contribution in [3.8, 4) is 0 Å². The lowest BCUT2D eigenvalue weighted by Crippen LogP contribution is -2.46. The van der Waals surface area contributed by atoms with Crippen LogP contribution >= 0.6 is 11.6 Å². The fourth-order valence-electron chi connectivity index (χ4n) is 5.58. The van der Waals surface area contributed by atoms with Gasteiger partial charge in [-0.05, 0) is 68.7 Å². The Morgan fingerprint density at radius 3 is 2.38 bits per heavy atom. The normalized spacial score (nSPS) is 16.7. The number of rotatable bonds is 6. The van der Waals surface area contributed by atoms with Crippen molar-refractivity contribution in [2.45, 2.75) is 52.4 Å². The molecule has 0 bridgehead atoms. The third kappa shape index (κ3) is 6.19. The van der Waals surface area contributed by atoms with Crippen molar-refractivity contribution in [2.24, 2.45) is 5.92 Å². The van der Waals surface area contributed by atoms with E-state index in [0.29, 0.717) is 55.7 Å². The van der Waals surface area contributed by atoms with E-state index in [9.17, 15) is 9.59 Å². The summed E-state index contributed by atoms with van der Waals surface area (Å²) < 4.78 is 15.3. The van der Waals surface area contributed by atoms with E-state index in [1.165, 1.54) is 6.20 Å². The number of carbonyl (C=O) groups is 2. The van der Waals surface area contributed by atoms with Crippen LogP contribution in [0.4, 0.5) is 27.7 Å². The van der Waals surface area contributed by atoms with Crippen molar-refractivity contribution in [3.05, 3.63) is 52.1 Å². The predicted octanol–water partition coefficient (Wildman–Crippen LogP) is 5.06. The second-order valence-electron chi connectivity index (χ2n) is 10.6. The number of nitrogens with zero attached hydrogens (tertiary/aromatic N) is 5. The Kier molecular flexibility index (Phi) is 8.20. The molecule has 0 radical (unpaired) electrons. The van der Waals surface area contributed by atoms with Gasteiger partial charge in [-0.1, -0.05) is 11.6 Å². The largest absolute Gasteiger partial charge is 0.343 e.